The summed E-state index contributed by atoms with van der Waals surface area (Å²) >= 11 is 1.31. The second-order valence-electron chi connectivity index (χ2n) is 6.57. The van der Waals surface area contributed by atoms with Gasteiger partial charge in [-0.05, 0) is 37.5 Å². The number of methoxy groups -OCH3 is 1. The van der Waals surface area contributed by atoms with Crippen LogP contribution in [0.25, 0.3) is 0 Å². The van der Waals surface area contributed by atoms with Crippen LogP contribution in [-0.2, 0) is 11.3 Å². The van der Waals surface area contributed by atoms with Crippen molar-refractivity contribution in [2.24, 2.45) is 0 Å². The molecule has 7 heteroatoms. The van der Waals surface area contributed by atoms with Gasteiger partial charge < -0.3 is 14.5 Å². The highest BCUT2D eigenvalue weighted by atomic mass is 32.2. The Morgan fingerprint density at radius 1 is 1.27 bits per heavy atom. The maximum Gasteiger partial charge on any atom is 0.277 e. The molecular formula is C19H25N3O3S. The molecule has 0 radical (unpaired) electrons. The molecule has 1 aliphatic rings. The summed E-state index contributed by atoms with van der Waals surface area (Å²) < 4.78 is 10.9. The van der Waals surface area contributed by atoms with Crippen molar-refractivity contribution in [3.05, 3.63) is 35.7 Å². The van der Waals surface area contributed by atoms with Gasteiger partial charge in [0.15, 0.2) is 0 Å². The van der Waals surface area contributed by atoms with Gasteiger partial charge in [-0.1, -0.05) is 43.2 Å². The SMILES string of the molecule is COc1ccc(CNC(=O)[C@H](C)Sc2nnc(C3CCCCC3)o2)cc1. The van der Waals surface area contributed by atoms with Gasteiger partial charge in [-0.25, -0.2) is 0 Å². The van der Waals surface area contributed by atoms with E-state index in [1.54, 1.807) is 7.11 Å². The molecule has 1 aromatic heterocycles. The zero-order chi connectivity index (χ0) is 18.4. The van der Waals surface area contributed by atoms with Crippen LogP contribution in [0.15, 0.2) is 33.9 Å². The van der Waals surface area contributed by atoms with E-state index in [4.69, 9.17) is 9.15 Å². The first-order valence-corrected chi connectivity index (χ1v) is 9.94. The van der Waals surface area contributed by atoms with E-state index in [2.05, 4.69) is 15.5 Å². The minimum Gasteiger partial charge on any atom is -0.497 e. The molecule has 1 aliphatic carbocycles. The number of rotatable bonds is 7. The third kappa shape index (κ3) is 5.00. The Morgan fingerprint density at radius 2 is 2.00 bits per heavy atom. The number of nitrogens with one attached hydrogen (secondary N) is 1. The molecule has 6 nitrogen and oxygen atoms in total. The molecule has 0 saturated heterocycles. The minimum absolute atomic E-state index is 0.0526. The topological polar surface area (TPSA) is 77.2 Å². The van der Waals surface area contributed by atoms with Crippen molar-refractivity contribution in [2.75, 3.05) is 7.11 Å². The van der Waals surface area contributed by atoms with Crippen LogP contribution < -0.4 is 10.1 Å². The Morgan fingerprint density at radius 3 is 2.69 bits per heavy atom. The van der Waals surface area contributed by atoms with E-state index in [1.807, 2.05) is 31.2 Å². The molecule has 140 valence electrons. The average Bonchev–Trinajstić information content (AvgIpc) is 3.15. The van der Waals surface area contributed by atoms with Crippen molar-refractivity contribution >= 4 is 17.7 Å². The zero-order valence-corrected chi connectivity index (χ0v) is 16.1. The third-order valence-electron chi connectivity index (χ3n) is 4.65. The molecule has 2 aromatic rings. The predicted molar refractivity (Wildman–Crippen MR) is 100 cm³/mol. The highest BCUT2D eigenvalue weighted by Gasteiger charge is 2.23. The van der Waals surface area contributed by atoms with Crippen molar-refractivity contribution in [1.29, 1.82) is 0 Å². The Kier molecular flexibility index (Phi) is 6.55. The van der Waals surface area contributed by atoms with E-state index in [1.165, 1.54) is 31.0 Å². The maximum absolute atomic E-state index is 12.3. The van der Waals surface area contributed by atoms with Crippen molar-refractivity contribution < 1.29 is 13.9 Å². The molecular weight excluding hydrogens is 350 g/mol. The molecule has 26 heavy (non-hydrogen) atoms. The van der Waals surface area contributed by atoms with Crippen LogP contribution in [0.5, 0.6) is 5.75 Å². The Hall–Kier alpha value is -2.02. The third-order valence-corrected chi connectivity index (χ3v) is 5.58. The fraction of sp³-hybridized carbons (Fsp3) is 0.526. The maximum atomic E-state index is 12.3. The monoisotopic (exact) mass is 375 g/mol. The summed E-state index contributed by atoms with van der Waals surface area (Å²) in [5.74, 6) is 1.85. The summed E-state index contributed by atoms with van der Waals surface area (Å²) in [7, 11) is 1.63. The molecule has 1 atom stereocenters. The number of ether oxygens (including phenoxy) is 1. The number of carbonyl (C=O) groups excluding carboxylic acids is 1. The first-order valence-electron chi connectivity index (χ1n) is 9.06. The van der Waals surface area contributed by atoms with Gasteiger partial charge in [0.05, 0.1) is 12.4 Å². The molecule has 1 fully saturated rings. The molecule has 1 amide bonds. The van der Waals surface area contributed by atoms with Crippen LogP contribution in [0.2, 0.25) is 0 Å². The van der Waals surface area contributed by atoms with Crippen molar-refractivity contribution in [3.8, 4) is 5.75 Å². The number of thioether (sulfide) groups is 1. The van der Waals surface area contributed by atoms with E-state index in [9.17, 15) is 4.79 Å². The molecule has 0 bridgehead atoms. The largest absolute Gasteiger partial charge is 0.497 e. The first kappa shape index (κ1) is 18.8. The smallest absolute Gasteiger partial charge is 0.277 e. The van der Waals surface area contributed by atoms with E-state index in [-0.39, 0.29) is 11.2 Å². The lowest BCUT2D eigenvalue weighted by molar-refractivity contribution is -0.120. The van der Waals surface area contributed by atoms with Gasteiger partial charge in [0.1, 0.15) is 5.75 Å². The molecule has 1 N–H and O–H groups in total. The summed E-state index contributed by atoms with van der Waals surface area (Å²) in [6.45, 7) is 2.32. The Labute approximate surface area is 158 Å². The molecule has 0 spiro atoms. The van der Waals surface area contributed by atoms with Crippen LogP contribution in [0.4, 0.5) is 0 Å². The quantitative estimate of drug-likeness (QED) is 0.739. The van der Waals surface area contributed by atoms with Gasteiger partial charge in [-0.2, -0.15) is 0 Å². The molecule has 1 heterocycles. The number of nitrogens with zero attached hydrogens (tertiary/aromatic N) is 2. The molecule has 0 aliphatic heterocycles. The number of carbonyl (C=O) groups is 1. The first-order chi connectivity index (χ1) is 12.7. The lowest BCUT2D eigenvalue weighted by Crippen LogP contribution is -2.30. The van der Waals surface area contributed by atoms with Crippen LogP contribution in [0.1, 0.15) is 56.4 Å². The summed E-state index contributed by atoms with van der Waals surface area (Å²) in [6, 6.07) is 7.63. The van der Waals surface area contributed by atoms with E-state index < -0.39 is 0 Å². The lowest BCUT2D eigenvalue weighted by atomic mass is 9.89. The standard InChI is InChI=1S/C19H25N3O3S/c1-13(17(23)20-12-14-8-10-16(24-2)11-9-14)26-19-22-21-18(25-19)15-6-4-3-5-7-15/h8-11,13,15H,3-7,12H2,1-2H3,(H,20,23)/t13-/m0/s1. The molecule has 0 unspecified atom stereocenters. The minimum atomic E-state index is -0.298. The second kappa shape index (κ2) is 9.07. The van der Waals surface area contributed by atoms with Gasteiger partial charge in [0.2, 0.25) is 11.8 Å². The summed E-state index contributed by atoms with van der Waals surface area (Å²) in [4.78, 5) is 12.3. The van der Waals surface area contributed by atoms with Crippen LogP contribution in [0, 0.1) is 0 Å². The number of benzene rings is 1. The van der Waals surface area contributed by atoms with Crippen LogP contribution in [0.3, 0.4) is 0 Å². The normalized spacial score (nSPS) is 16.2. The molecule has 1 saturated carbocycles. The van der Waals surface area contributed by atoms with Gasteiger partial charge in [0.25, 0.3) is 5.22 Å². The predicted octanol–water partition coefficient (Wildman–Crippen LogP) is 3.92. The van der Waals surface area contributed by atoms with Crippen molar-refractivity contribution in [2.45, 2.75) is 62.0 Å². The number of amides is 1. The number of aromatic nitrogens is 2. The van der Waals surface area contributed by atoms with Gasteiger partial charge in [-0.15, -0.1) is 10.2 Å². The summed E-state index contributed by atoms with van der Waals surface area (Å²) in [6.07, 6.45) is 5.96. The van der Waals surface area contributed by atoms with Crippen molar-refractivity contribution in [1.82, 2.24) is 15.5 Å². The van der Waals surface area contributed by atoms with Gasteiger partial charge in [-0.3, -0.25) is 4.79 Å². The van der Waals surface area contributed by atoms with Crippen molar-refractivity contribution in [3.63, 3.8) is 0 Å². The van der Waals surface area contributed by atoms with Gasteiger partial charge >= 0.3 is 0 Å². The zero-order valence-electron chi connectivity index (χ0n) is 15.2. The lowest BCUT2D eigenvalue weighted by Gasteiger charge is -2.17. The van der Waals surface area contributed by atoms with E-state index >= 15 is 0 Å². The fourth-order valence-corrected chi connectivity index (χ4v) is 3.78. The highest BCUT2D eigenvalue weighted by molar-refractivity contribution is 8.00. The Bertz CT molecular complexity index is 711. The highest BCUT2D eigenvalue weighted by Crippen LogP contribution is 2.33. The average molecular weight is 375 g/mol. The summed E-state index contributed by atoms with van der Waals surface area (Å²) in [5.41, 5.74) is 1.02. The van der Waals surface area contributed by atoms with E-state index in [0.717, 1.165) is 30.0 Å². The number of hydrogen-bond donors (Lipinski definition) is 1. The van der Waals surface area contributed by atoms with Crippen LogP contribution >= 0.6 is 11.8 Å². The molecule has 1 aromatic carbocycles. The molecule has 3 rings (SSSR count). The van der Waals surface area contributed by atoms with Gasteiger partial charge in [0, 0.05) is 12.5 Å². The van der Waals surface area contributed by atoms with E-state index in [0.29, 0.717) is 17.7 Å². The number of hydrogen-bond acceptors (Lipinski definition) is 6. The van der Waals surface area contributed by atoms with Crippen LogP contribution in [-0.4, -0.2) is 28.5 Å². The Balaban J connectivity index is 1.48. The fourth-order valence-electron chi connectivity index (χ4n) is 3.06. The second-order valence-corrected chi connectivity index (χ2v) is 7.86. The summed E-state index contributed by atoms with van der Waals surface area (Å²) in [5, 5.41) is 11.4.